The Morgan fingerprint density at radius 1 is 1.39 bits per heavy atom. The van der Waals surface area contributed by atoms with Gasteiger partial charge in [-0.3, -0.25) is 0 Å². The highest BCUT2D eigenvalue weighted by Crippen LogP contribution is 2.01. The highest BCUT2D eigenvalue weighted by Gasteiger charge is 2.11. The van der Waals surface area contributed by atoms with E-state index in [1.165, 1.54) is 0 Å². The van der Waals surface area contributed by atoms with Gasteiger partial charge in [0.15, 0.2) is 0 Å². The summed E-state index contributed by atoms with van der Waals surface area (Å²) in [5.74, 6) is 0. The molecule has 1 unspecified atom stereocenters. The first-order valence-electron chi connectivity index (χ1n) is 5.83. The van der Waals surface area contributed by atoms with E-state index in [0.29, 0.717) is 13.0 Å². The second kappa shape index (κ2) is 8.49. The molecule has 0 aromatic heterocycles. The van der Waals surface area contributed by atoms with Crippen LogP contribution in [0, 0.1) is 0 Å². The van der Waals surface area contributed by atoms with Gasteiger partial charge in [-0.25, -0.2) is 4.79 Å². The molecular weight excluding hydrogens is 234 g/mol. The van der Waals surface area contributed by atoms with E-state index in [2.05, 4.69) is 5.32 Å². The highest BCUT2D eigenvalue weighted by atomic mass is 16.5. The zero-order valence-electron chi connectivity index (χ0n) is 10.5. The predicted molar refractivity (Wildman–Crippen MR) is 67.1 cm³/mol. The van der Waals surface area contributed by atoms with Crippen LogP contribution in [0.1, 0.15) is 12.0 Å². The number of ether oxygens (including phenoxy) is 2. The van der Waals surface area contributed by atoms with Crippen LogP contribution in [0.15, 0.2) is 30.3 Å². The third kappa shape index (κ3) is 5.65. The van der Waals surface area contributed by atoms with Crippen molar-refractivity contribution in [2.75, 3.05) is 20.3 Å². The second-order valence-electron chi connectivity index (χ2n) is 3.87. The van der Waals surface area contributed by atoms with Crippen LogP contribution in [-0.4, -0.2) is 37.6 Å². The smallest absolute Gasteiger partial charge is 0.407 e. The van der Waals surface area contributed by atoms with Crippen LogP contribution in [0.25, 0.3) is 0 Å². The van der Waals surface area contributed by atoms with Crippen molar-refractivity contribution in [2.24, 2.45) is 0 Å². The van der Waals surface area contributed by atoms with Crippen molar-refractivity contribution < 1.29 is 19.4 Å². The van der Waals surface area contributed by atoms with Gasteiger partial charge in [-0.1, -0.05) is 30.3 Å². The molecule has 100 valence electrons. The Kier molecular flexibility index (Phi) is 6.83. The summed E-state index contributed by atoms with van der Waals surface area (Å²) >= 11 is 0. The zero-order valence-corrected chi connectivity index (χ0v) is 10.5. The van der Waals surface area contributed by atoms with Crippen molar-refractivity contribution in [3.63, 3.8) is 0 Å². The van der Waals surface area contributed by atoms with Crippen molar-refractivity contribution in [1.29, 1.82) is 0 Å². The van der Waals surface area contributed by atoms with Gasteiger partial charge in [0.2, 0.25) is 0 Å². The summed E-state index contributed by atoms with van der Waals surface area (Å²) in [6.07, 6.45) is 0.0157. The quantitative estimate of drug-likeness (QED) is 0.769. The fraction of sp³-hybridized carbons (Fsp3) is 0.462. The van der Waals surface area contributed by atoms with Crippen LogP contribution in [0.3, 0.4) is 0 Å². The van der Waals surface area contributed by atoms with Crippen molar-refractivity contribution >= 4 is 6.09 Å². The van der Waals surface area contributed by atoms with Crippen LogP contribution in [0.5, 0.6) is 0 Å². The lowest BCUT2D eigenvalue weighted by atomic mass is 10.2. The van der Waals surface area contributed by atoms with Gasteiger partial charge in [0.05, 0.1) is 12.6 Å². The molecule has 0 aliphatic heterocycles. The van der Waals surface area contributed by atoms with Gasteiger partial charge in [0.1, 0.15) is 6.61 Å². The standard InChI is InChI=1S/C13H19NO4/c1-17-8-7-12(9-15)14-13(16)18-10-11-5-3-2-4-6-11/h2-6,12,15H,7-10H2,1H3,(H,14,16). The maximum absolute atomic E-state index is 11.5. The molecule has 0 saturated heterocycles. The Morgan fingerprint density at radius 3 is 2.72 bits per heavy atom. The lowest BCUT2D eigenvalue weighted by Crippen LogP contribution is -2.38. The number of alkyl carbamates (subject to hydrolysis) is 1. The number of carbonyl (C=O) groups excluding carboxylic acids is 1. The largest absolute Gasteiger partial charge is 0.445 e. The topological polar surface area (TPSA) is 67.8 Å². The monoisotopic (exact) mass is 253 g/mol. The molecule has 0 aliphatic rings. The van der Waals surface area contributed by atoms with E-state index in [0.717, 1.165) is 5.56 Å². The van der Waals surface area contributed by atoms with Gasteiger partial charge in [-0.05, 0) is 12.0 Å². The van der Waals surface area contributed by atoms with Gasteiger partial charge in [0.25, 0.3) is 0 Å². The van der Waals surface area contributed by atoms with E-state index in [9.17, 15) is 4.79 Å². The van der Waals surface area contributed by atoms with E-state index in [4.69, 9.17) is 14.6 Å². The molecule has 1 atom stereocenters. The van der Waals surface area contributed by atoms with E-state index < -0.39 is 6.09 Å². The third-order valence-electron chi connectivity index (χ3n) is 2.43. The molecule has 0 heterocycles. The molecule has 1 aromatic rings. The average molecular weight is 253 g/mol. The Balaban J connectivity index is 2.28. The van der Waals surface area contributed by atoms with E-state index in [1.807, 2.05) is 30.3 Å². The lowest BCUT2D eigenvalue weighted by Gasteiger charge is -2.15. The van der Waals surface area contributed by atoms with E-state index in [1.54, 1.807) is 7.11 Å². The number of aliphatic hydroxyl groups excluding tert-OH is 1. The summed E-state index contributed by atoms with van der Waals surface area (Å²) in [4.78, 5) is 11.5. The van der Waals surface area contributed by atoms with Crippen molar-refractivity contribution in [3.05, 3.63) is 35.9 Å². The molecule has 2 N–H and O–H groups in total. The molecule has 0 aliphatic carbocycles. The molecule has 0 fully saturated rings. The molecular formula is C13H19NO4. The van der Waals surface area contributed by atoms with Gasteiger partial charge in [-0.15, -0.1) is 0 Å². The molecule has 1 amide bonds. The molecule has 0 radical (unpaired) electrons. The number of nitrogens with one attached hydrogen (secondary N) is 1. The molecule has 1 aromatic carbocycles. The number of aliphatic hydroxyl groups is 1. The third-order valence-corrected chi connectivity index (χ3v) is 2.43. The van der Waals surface area contributed by atoms with Crippen molar-refractivity contribution in [1.82, 2.24) is 5.32 Å². The van der Waals surface area contributed by atoms with Crippen LogP contribution >= 0.6 is 0 Å². The maximum Gasteiger partial charge on any atom is 0.407 e. The Bertz CT molecular complexity index is 342. The van der Waals surface area contributed by atoms with Crippen LogP contribution in [-0.2, 0) is 16.1 Å². The van der Waals surface area contributed by atoms with Crippen LogP contribution in [0.4, 0.5) is 4.79 Å². The normalized spacial score (nSPS) is 11.9. The summed E-state index contributed by atoms with van der Waals surface area (Å²) in [7, 11) is 1.57. The highest BCUT2D eigenvalue weighted by molar-refractivity contribution is 5.67. The van der Waals surface area contributed by atoms with Crippen LogP contribution in [0.2, 0.25) is 0 Å². The summed E-state index contributed by atoms with van der Waals surface area (Å²) in [6.45, 7) is 0.559. The summed E-state index contributed by atoms with van der Waals surface area (Å²) in [5, 5.41) is 11.6. The SMILES string of the molecule is COCCC(CO)NC(=O)OCc1ccccc1. The number of hydrogen-bond donors (Lipinski definition) is 2. The molecule has 0 saturated carbocycles. The fourth-order valence-electron chi connectivity index (χ4n) is 1.40. The number of rotatable bonds is 7. The number of hydrogen-bond acceptors (Lipinski definition) is 4. The number of benzene rings is 1. The second-order valence-corrected chi connectivity index (χ2v) is 3.87. The van der Waals surface area contributed by atoms with Crippen molar-refractivity contribution in [3.8, 4) is 0 Å². The molecule has 5 heteroatoms. The van der Waals surface area contributed by atoms with Crippen LogP contribution < -0.4 is 5.32 Å². The van der Waals surface area contributed by atoms with E-state index in [-0.39, 0.29) is 19.3 Å². The fourth-order valence-corrected chi connectivity index (χ4v) is 1.40. The van der Waals surface area contributed by atoms with Gasteiger partial charge in [0, 0.05) is 13.7 Å². The number of carbonyl (C=O) groups is 1. The molecule has 18 heavy (non-hydrogen) atoms. The molecule has 5 nitrogen and oxygen atoms in total. The minimum absolute atomic E-state index is 0.135. The first-order valence-corrected chi connectivity index (χ1v) is 5.83. The average Bonchev–Trinajstić information content (AvgIpc) is 2.42. The maximum atomic E-state index is 11.5. The zero-order chi connectivity index (χ0) is 13.2. The Labute approximate surface area is 107 Å². The van der Waals surface area contributed by atoms with Crippen molar-refractivity contribution in [2.45, 2.75) is 19.1 Å². The Hall–Kier alpha value is -1.59. The lowest BCUT2D eigenvalue weighted by molar-refractivity contribution is 0.120. The molecule has 0 bridgehead atoms. The first kappa shape index (κ1) is 14.5. The molecule has 1 rings (SSSR count). The number of amides is 1. The first-order chi connectivity index (χ1) is 8.76. The minimum atomic E-state index is -0.533. The minimum Gasteiger partial charge on any atom is -0.445 e. The van der Waals surface area contributed by atoms with Gasteiger partial charge < -0.3 is 19.9 Å². The summed E-state index contributed by atoms with van der Waals surface area (Å²) in [6, 6.07) is 9.07. The predicted octanol–water partition coefficient (Wildman–Crippen LogP) is 1.31. The number of methoxy groups -OCH3 is 1. The summed E-state index contributed by atoms with van der Waals surface area (Å²) in [5.41, 5.74) is 0.921. The van der Waals surface area contributed by atoms with Gasteiger partial charge in [-0.2, -0.15) is 0 Å². The molecule has 0 spiro atoms. The van der Waals surface area contributed by atoms with Gasteiger partial charge >= 0.3 is 6.09 Å². The Morgan fingerprint density at radius 2 is 2.11 bits per heavy atom. The van der Waals surface area contributed by atoms with E-state index >= 15 is 0 Å². The summed E-state index contributed by atoms with van der Waals surface area (Å²) < 4.78 is 9.92.